The Morgan fingerprint density at radius 3 is 2.44 bits per heavy atom. The predicted octanol–water partition coefficient (Wildman–Crippen LogP) is 2.09. The summed E-state index contributed by atoms with van der Waals surface area (Å²) in [5.41, 5.74) is 0.238. The third-order valence-corrected chi connectivity index (χ3v) is 6.12. The molecule has 1 aromatic rings. The summed E-state index contributed by atoms with van der Waals surface area (Å²) in [7, 11) is -3.55. The standard InChI is InChI=1S/C19H30N2O5S/c1-14(20-15(2)18(22)26-19(3,4)5)16-7-6-8-17(13-16)27(23,24)21-9-11-25-12-10-21/h6-8,13-15,20H,9-12H2,1-5H3/t14-,15-/m1/s1. The Hall–Kier alpha value is -1.48. The summed E-state index contributed by atoms with van der Waals surface area (Å²) in [4.78, 5) is 12.4. The van der Waals surface area contributed by atoms with Crippen LogP contribution in [0, 0.1) is 0 Å². The third-order valence-electron chi connectivity index (χ3n) is 4.23. The van der Waals surface area contributed by atoms with Crippen LogP contribution >= 0.6 is 0 Å². The first-order valence-corrected chi connectivity index (χ1v) is 10.6. The molecule has 0 unspecified atom stereocenters. The molecular weight excluding hydrogens is 368 g/mol. The number of nitrogens with one attached hydrogen (secondary N) is 1. The molecular formula is C19H30N2O5S. The second-order valence-corrected chi connectivity index (χ2v) is 9.67. The highest BCUT2D eigenvalue weighted by Gasteiger charge is 2.27. The van der Waals surface area contributed by atoms with Crippen molar-refractivity contribution in [1.82, 2.24) is 9.62 Å². The summed E-state index contributed by atoms with van der Waals surface area (Å²) in [6, 6.07) is 6.09. The Balaban J connectivity index is 2.11. The fourth-order valence-electron chi connectivity index (χ4n) is 2.81. The van der Waals surface area contributed by atoms with Gasteiger partial charge in [-0.1, -0.05) is 12.1 Å². The van der Waals surface area contributed by atoms with Crippen LogP contribution in [-0.2, 0) is 24.3 Å². The average molecular weight is 399 g/mol. The molecule has 2 atom stereocenters. The fourth-order valence-corrected chi connectivity index (χ4v) is 4.27. The van der Waals surface area contributed by atoms with Gasteiger partial charge in [-0.05, 0) is 52.3 Å². The highest BCUT2D eigenvalue weighted by atomic mass is 32.2. The van der Waals surface area contributed by atoms with Crippen LogP contribution in [0.25, 0.3) is 0 Å². The van der Waals surface area contributed by atoms with Gasteiger partial charge in [-0.2, -0.15) is 4.31 Å². The molecule has 1 saturated heterocycles. The molecule has 1 fully saturated rings. The molecule has 27 heavy (non-hydrogen) atoms. The van der Waals surface area contributed by atoms with Gasteiger partial charge in [-0.15, -0.1) is 0 Å². The summed E-state index contributed by atoms with van der Waals surface area (Å²) in [6.07, 6.45) is 0. The topological polar surface area (TPSA) is 84.9 Å². The smallest absolute Gasteiger partial charge is 0.323 e. The van der Waals surface area contributed by atoms with E-state index in [2.05, 4.69) is 5.32 Å². The molecule has 0 saturated carbocycles. The van der Waals surface area contributed by atoms with Crippen molar-refractivity contribution in [3.63, 3.8) is 0 Å². The van der Waals surface area contributed by atoms with Crippen molar-refractivity contribution in [2.45, 2.75) is 57.2 Å². The first kappa shape index (κ1) is 21.8. The average Bonchev–Trinajstić information content (AvgIpc) is 2.61. The summed E-state index contributed by atoms with van der Waals surface area (Å²) in [5.74, 6) is -0.341. The maximum absolute atomic E-state index is 12.8. The summed E-state index contributed by atoms with van der Waals surface area (Å²) >= 11 is 0. The Morgan fingerprint density at radius 2 is 1.85 bits per heavy atom. The third kappa shape index (κ3) is 6.00. The molecule has 1 aliphatic heterocycles. The Kier molecular flexibility index (Phi) is 7.02. The number of nitrogens with zero attached hydrogens (tertiary/aromatic N) is 1. The first-order chi connectivity index (χ1) is 12.5. The Labute approximate surface area is 162 Å². The largest absolute Gasteiger partial charge is 0.459 e. The van der Waals surface area contributed by atoms with Crippen LogP contribution in [0.4, 0.5) is 0 Å². The zero-order valence-corrected chi connectivity index (χ0v) is 17.5. The molecule has 0 aromatic heterocycles. The van der Waals surface area contributed by atoms with Gasteiger partial charge < -0.3 is 9.47 Å². The first-order valence-electron chi connectivity index (χ1n) is 9.17. The number of esters is 1. The summed E-state index contributed by atoms with van der Waals surface area (Å²) in [6.45, 7) is 10.6. The van der Waals surface area contributed by atoms with Gasteiger partial charge in [0.05, 0.1) is 18.1 Å². The van der Waals surface area contributed by atoms with Crippen LogP contribution in [0.15, 0.2) is 29.2 Å². The molecule has 7 nitrogen and oxygen atoms in total. The number of ether oxygens (including phenoxy) is 2. The van der Waals surface area contributed by atoms with Crippen LogP contribution in [0.5, 0.6) is 0 Å². The predicted molar refractivity (Wildman–Crippen MR) is 103 cm³/mol. The van der Waals surface area contributed by atoms with Crippen molar-refractivity contribution in [2.24, 2.45) is 0 Å². The molecule has 0 spiro atoms. The van der Waals surface area contributed by atoms with Gasteiger partial charge >= 0.3 is 5.97 Å². The van der Waals surface area contributed by atoms with Gasteiger partial charge in [-0.3, -0.25) is 10.1 Å². The molecule has 8 heteroatoms. The number of morpholine rings is 1. The van der Waals surface area contributed by atoms with Crippen LogP contribution in [0.2, 0.25) is 0 Å². The van der Waals surface area contributed by atoms with Gasteiger partial charge in [0.25, 0.3) is 0 Å². The van der Waals surface area contributed by atoms with Crippen LogP contribution in [0.1, 0.15) is 46.2 Å². The molecule has 0 radical (unpaired) electrons. The van der Waals surface area contributed by atoms with Gasteiger partial charge in [0, 0.05) is 19.1 Å². The number of sulfonamides is 1. The van der Waals surface area contributed by atoms with E-state index >= 15 is 0 Å². The second-order valence-electron chi connectivity index (χ2n) is 7.73. The Bertz CT molecular complexity index is 752. The zero-order chi connectivity index (χ0) is 20.2. The lowest BCUT2D eigenvalue weighted by Gasteiger charge is -2.27. The molecule has 0 bridgehead atoms. The minimum atomic E-state index is -3.55. The lowest BCUT2D eigenvalue weighted by atomic mass is 10.1. The van der Waals surface area contributed by atoms with E-state index in [1.54, 1.807) is 25.1 Å². The van der Waals surface area contributed by atoms with Crippen molar-refractivity contribution in [1.29, 1.82) is 0 Å². The SMILES string of the molecule is C[C@@H](N[C@H](C)c1cccc(S(=O)(=O)N2CCOCC2)c1)C(=O)OC(C)(C)C. The Morgan fingerprint density at radius 1 is 1.22 bits per heavy atom. The fraction of sp³-hybridized carbons (Fsp3) is 0.632. The molecule has 0 amide bonds. The zero-order valence-electron chi connectivity index (χ0n) is 16.7. The lowest BCUT2D eigenvalue weighted by Crippen LogP contribution is -2.41. The van der Waals surface area contributed by atoms with Crippen molar-refractivity contribution < 1.29 is 22.7 Å². The van der Waals surface area contributed by atoms with E-state index < -0.39 is 21.7 Å². The van der Waals surface area contributed by atoms with E-state index in [0.29, 0.717) is 26.3 Å². The lowest BCUT2D eigenvalue weighted by molar-refractivity contribution is -0.157. The van der Waals surface area contributed by atoms with E-state index in [1.807, 2.05) is 33.8 Å². The van der Waals surface area contributed by atoms with E-state index in [4.69, 9.17) is 9.47 Å². The van der Waals surface area contributed by atoms with Crippen molar-refractivity contribution in [3.8, 4) is 0 Å². The number of carbonyl (C=O) groups is 1. The molecule has 2 rings (SSSR count). The summed E-state index contributed by atoms with van der Waals surface area (Å²) < 4.78 is 37.7. The van der Waals surface area contributed by atoms with Gasteiger partial charge in [0.2, 0.25) is 10.0 Å². The second kappa shape index (κ2) is 8.68. The van der Waals surface area contributed by atoms with Crippen molar-refractivity contribution >= 4 is 16.0 Å². The minimum Gasteiger partial charge on any atom is -0.459 e. The number of benzene rings is 1. The van der Waals surface area contributed by atoms with Crippen molar-refractivity contribution in [2.75, 3.05) is 26.3 Å². The molecule has 1 heterocycles. The maximum atomic E-state index is 12.8. The van der Waals surface area contributed by atoms with Crippen LogP contribution in [-0.4, -0.2) is 56.6 Å². The van der Waals surface area contributed by atoms with E-state index in [9.17, 15) is 13.2 Å². The number of hydrogen-bond donors (Lipinski definition) is 1. The van der Waals surface area contributed by atoms with Gasteiger partial charge in [-0.25, -0.2) is 8.42 Å². The van der Waals surface area contributed by atoms with Gasteiger partial charge in [0.15, 0.2) is 0 Å². The normalized spacial score (nSPS) is 18.7. The molecule has 152 valence electrons. The van der Waals surface area contributed by atoms with E-state index in [0.717, 1.165) is 5.56 Å². The molecule has 1 aliphatic rings. The van der Waals surface area contributed by atoms with E-state index in [1.165, 1.54) is 4.31 Å². The number of rotatable bonds is 6. The van der Waals surface area contributed by atoms with Crippen LogP contribution in [0.3, 0.4) is 0 Å². The maximum Gasteiger partial charge on any atom is 0.323 e. The van der Waals surface area contributed by atoms with Crippen LogP contribution < -0.4 is 5.32 Å². The van der Waals surface area contributed by atoms with Gasteiger partial charge in [0.1, 0.15) is 11.6 Å². The number of carbonyl (C=O) groups excluding carboxylic acids is 1. The molecule has 0 aliphatic carbocycles. The number of hydrogen-bond acceptors (Lipinski definition) is 6. The molecule has 1 aromatic carbocycles. The highest BCUT2D eigenvalue weighted by Crippen LogP contribution is 2.22. The quantitative estimate of drug-likeness (QED) is 0.739. The molecule has 1 N–H and O–H groups in total. The van der Waals surface area contributed by atoms with Crippen molar-refractivity contribution in [3.05, 3.63) is 29.8 Å². The minimum absolute atomic E-state index is 0.215. The highest BCUT2D eigenvalue weighted by molar-refractivity contribution is 7.89. The summed E-state index contributed by atoms with van der Waals surface area (Å²) in [5, 5.41) is 3.17. The monoisotopic (exact) mass is 398 g/mol. The van der Waals surface area contributed by atoms with E-state index in [-0.39, 0.29) is 16.9 Å².